The summed E-state index contributed by atoms with van der Waals surface area (Å²) in [4.78, 5) is 3.77. The fraction of sp³-hybridized carbons (Fsp3) is 0.0625. The first-order chi connectivity index (χ1) is 10.9. The number of aryl methyl sites for hydroxylation is 1. The Balaban J connectivity index is 2.11. The summed E-state index contributed by atoms with van der Waals surface area (Å²) in [6.07, 6.45) is 0. The molecule has 0 atom stereocenters. The van der Waals surface area contributed by atoms with E-state index < -0.39 is 20.8 Å². The zero-order valence-electron chi connectivity index (χ0n) is 12.0. The van der Waals surface area contributed by atoms with Gasteiger partial charge < -0.3 is 4.18 Å². The van der Waals surface area contributed by atoms with E-state index in [0.29, 0.717) is 9.99 Å². The van der Waals surface area contributed by atoms with Crippen molar-refractivity contribution in [3.63, 3.8) is 0 Å². The van der Waals surface area contributed by atoms with Crippen LogP contribution in [0.5, 0.6) is 5.75 Å². The molecule has 0 saturated carbocycles. The largest absolute Gasteiger partial charge is 0.377 e. The second-order valence-corrected chi connectivity index (χ2v) is 7.32. The molecule has 0 bridgehead atoms. The Kier molecular flexibility index (Phi) is 4.08. The molecule has 0 fully saturated rings. The molecule has 118 valence electrons. The van der Waals surface area contributed by atoms with E-state index in [4.69, 9.17) is 4.18 Å². The van der Waals surface area contributed by atoms with E-state index in [9.17, 15) is 12.8 Å². The topological polar surface area (TPSA) is 56.3 Å². The fourth-order valence-electron chi connectivity index (χ4n) is 2.12. The maximum absolute atomic E-state index is 13.9. The predicted molar refractivity (Wildman–Crippen MR) is 88.4 cm³/mol. The van der Waals surface area contributed by atoms with E-state index >= 15 is 0 Å². The van der Waals surface area contributed by atoms with Crippen LogP contribution in [-0.4, -0.2) is 13.4 Å². The monoisotopic (exact) mass is 395 g/mol. The second kappa shape index (κ2) is 5.90. The van der Waals surface area contributed by atoms with Gasteiger partial charge >= 0.3 is 10.1 Å². The van der Waals surface area contributed by atoms with Gasteiger partial charge in [-0.15, -0.1) is 0 Å². The predicted octanol–water partition coefficient (Wildman–Crippen LogP) is 4.21. The van der Waals surface area contributed by atoms with Crippen molar-refractivity contribution in [1.29, 1.82) is 0 Å². The van der Waals surface area contributed by atoms with E-state index in [1.807, 2.05) is 12.1 Å². The molecule has 0 aliphatic rings. The molecule has 1 heterocycles. The Morgan fingerprint density at radius 1 is 1.13 bits per heavy atom. The van der Waals surface area contributed by atoms with Gasteiger partial charge in [-0.1, -0.05) is 34.1 Å². The van der Waals surface area contributed by atoms with Crippen LogP contribution in [0.3, 0.4) is 0 Å². The van der Waals surface area contributed by atoms with Gasteiger partial charge in [0.15, 0.2) is 5.75 Å². The zero-order valence-corrected chi connectivity index (χ0v) is 14.4. The average Bonchev–Trinajstić information content (AvgIpc) is 2.50. The molecule has 4 nitrogen and oxygen atoms in total. The third-order valence-electron chi connectivity index (χ3n) is 3.18. The summed E-state index contributed by atoms with van der Waals surface area (Å²) in [6.45, 7) is 1.79. The van der Waals surface area contributed by atoms with Gasteiger partial charge in [0.2, 0.25) is 0 Å². The van der Waals surface area contributed by atoms with Crippen LogP contribution < -0.4 is 4.18 Å². The van der Waals surface area contributed by atoms with Crippen LogP contribution in [0.1, 0.15) is 5.69 Å². The fourth-order valence-corrected chi connectivity index (χ4v) is 3.67. The van der Waals surface area contributed by atoms with Crippen LogP contribution >= 0.6 is 15.9 Å². The number of pyridine rings is 1. The molecule has 2 aromatic carbocycles. The summed E-state index contributed by atoms with van der Waals surface area (Å²) >= 11 is 3.12. The highest BCUT2D eigenvalue weighted by molar-refractivity contribution is 9.10. The lowest BCUT2D eigenvalue weighted by Crippen LogP contribution is -2.12. The summed E-state index contributed by atoms with van der Waals surface area (Å²) in [5.74, 6) is -0.817. The number of rotatable bonds is 3. The Morgan fingerprint density at radius 2 is 1.91 bits per heavy atom. The molecule has 3 aromatic rings. The minimum Gasteiger partial charge on any atom is -0.377 e. The number of nitrogens with zero attached hydrogens (tertiary/aromatic N) is 1. The Hall–Kier alpha value is -1.99. The summed E-state index contributed by atoms with van der Waals surface area (Å²) < 4.78 is 44.2. The van der Waals surface area contributed by atoms with Crippen molar-refractivity contribution < 1.29 is 17.0 Å². The molecule has 0 N–H and O–H groups in total. The third-order valence-corrected chi connectivity index (χ3v) is 4.93. The van der Waals surface area contributed by atoms with Crippen molar-refractivity contribution >= 4 is 37.0 Å². The first-order valence-corrected chi connectivity index (χ1v) is 8.83. The van der Waals surface area contributed by atoms with Crippen molar-refractivity contribution in [2.24, 2.45) is 0 Å². The number of para-hydroxylation sites is 1. The minimum absolute atomic E-state index is 0.0607. The highest BCUT2D eigenvalue weighted by Gasteiger charge is 2.23. The van der Waals surface area contributed by atoms with Crippen molar-refractivity contribution in [2.75, 3.05) is 0 Å². The van der Waals surface area contributed by atoms with E-state index in [2.05, 4.69) is 20.9 Å². The lowest BCUT2D eigenvalue weighted by atomic mass is 10.2. The molecular formula is C16H11BrFNO3S. The van der Waals surface area contributed by atoms with Crippen molar-refractivity contribution in [1.82, 2.24) is 4.98 Å². The summed E-state index contributed by atoms with van der Waals surface area (Å²) in [6, 6.07) is 12.2. The molecule has 1 aromatic heterocycles. The van der Waals surface area contributed by atoms with Gasteiger partial charge in [-0.3, -0.25) is 0 Å². The Labute approximate surface area is 141 Å². The number of benzene rings is 2. The first-order valence-electron chi connectivity index (χ1n) is 6.63. The molecular weight excluding hydrogens is 385 g/mol. The van der Waals surface area contributed by atoms with Crippen LogP contribution in [0.2, 0.25) is 0 Å². The van der Waals surface area contributed by atoms with Crippen LogP contribution in [0.15, 0.2) is 57.9 Å². The van der Waals surface area contributed by atoms with E-state index in [-0.39, 0.29) is 5.75 Å². The normalized spacial score (nSPS) is 11.6. The van der Waals surface area contributed by atoms with Crippen molar-refractivity contribution in [3.05, 3.63) is 64.5 Å². The van der Waals surface area contributed by atoms with E-state index in [0.717, 1.165) is 23.2 Å². The molecule has 0 saturated heterocycles. The summed E-state index contributed by atoms with van der Waals surface area (Å²) in [5.41, 5.74) is 1.13. The van der Waals surface area contributed by atoms with Crippen LogP contribution in [0.4, 0.5) is 4.39 Å². The molecule has 0 spiro atoms. The van der Waals surface area contributed by atoms with Gasteiger partial charge in [-0.2, -0.15) is 8.42 Å². The number of hydrogen-bond acceptors (Lipinski definition) is 4. The molecule has 3 rings (SSSR count). The molecule has 0 aliphatic heterocycles. The highest BCUT2D eigenvalue weighted by Crippen LogP contribution is 2.28. The summed E-state index contributed by atoms with van der Waals surface area (Å²) in [7, 11) is -4.32. The van der Waals surface area contributed by atoms with Crippen LogP contribution in [0, 0.1) is 12.7 Å². The first kappa shape index (κ1) is 15.9. The molecule has 0 radical (unpaired) electrons. The van der Waals surface area contributed by atoms with Gasteiger partial charge in [0.05, 0.1) is 0 Å². The van der Waals surface area contributed by atoms with Crippen LogP contribution in [0.25, 0.3) is 10.9 Å². The Bertz CT molecular complexity index is 1010. The molecule has 0 amide bonds. The average molecular weight is 396 g/mol. The van der Waals surface area contributed by atoms with E-state index in [1.165, 1.54) is 12.1 Å². The zero-order chi connectivity index (χ0) is 16.6. The van der Waals surface area contributed by atoms with Gasteiger partial charge in [0, 0.05) is 15.6 Å². The van der Waals surface area contributed by atoms with Crippen molar-refractivity contribution in [3.8, 4) is 5.75 Å². The molecule has 23 heavy (non-hydrogen) atoms. The number of aromatic nitrogens is 1. The number of fused-ring (bicyclic) bond motifs is 1. The minimum atomic E-state index is -4.32. The highest BCUT2D eigenvalue weighted by atomic mass is 79.9. The van der Waals surface area contributed by atoms with E-state index in [1.54, 1.807) is 19.1 Å². The lowest BCUT2D eigenvalue weighted by Gasteiger charge is -2.10. The van der Waals surface area contributed by atoms with Crippen molar-refractivity contribution in [2.45, 2.75) is 11.8 Å². The van der Waals surface area contributed by atoms with Gasteiger partial charge in [-0.05, 0) is 37.3 Å². The van der Waals surface area contributed by atoms with Crippen LogP contribution in [-0.2, 0) is 10.1 Å². The lowest BCUT2D eigenvalue weighted by molar-refractivity contribution is 0.478. The molecule has 0 unspecified atom stereocenters. The number of hydrogen-bond donors (Lipinski definition) is 0. The van der Waals surface area contributed by atoms with Gasteiger partial charge in [0.1, 0.15) is 16.2 Å². The third kappa shape index (κ3) is 3.20. The SMILES string of the molecule is Cc1ccc2cccc(OS(=O)(=O)c3cc(Br)ccc3F)c2n1. The summed E-state index contributed by atoms with van der Waals surface area (Å²) in [5, 5.41) is 0.734. The smallest absolute Gasteiger partial charge is 0.342 e. The molecule has 7 heteroatoms. The Morgan fingerprint density at radius 3 is 2.70 bits per heavy atom. The van der Waals surface area contributed by atoms with Gasteiger partial charge in [0.25, 0.3) is 0 Å². The van der Waals surface area contributed by atoms with Gasteiger partial charge in [-0.25, -0.2) is 9.37 Å². The standard InChI is InChI=1S/C16H11BrFNO3S/c1-10-5-6-11-3-2-4-14(16(11)19-10)22-23(20,21)15-9-12(17)7-8-13(15)18/h2-9H,1H3. The maximum atomic E-state index is 13.9. The molecule has 0 aliphatic carbocycles. The second-order valence-electron chi connectivity index (χ2n) is 4.89. The quantitative estimate of drug-likeness (QED) is 0.623. The number of halogens is 2. The maximum Gasteiger partial charge on any atom is 0.342 e.